The molecule has 2 amide bonds. The van der Waals surface area contributed by atoms with Crippen molar-refractivity contribution in [2.24, 2.45) is 0 Å². The summed E-state index contributed by atoms with van der Waals surface area (Å²) in [7, 11) is 1.58. The average molecular weight is 294 g/mol. The van der Waals surface area contributed by atoms with E-state index in [-0.39, 0.29) is 12.6 Å². The summed E-state index contributed by atoms with van der Waals surface area (Å²) in [5.74, 6) is -1.03. The molecule has 0 fully saturated rings. The number of carboxylic acid groups (broad SMARTS) is 1. The maximum absolute atomic E-state index is 12.3. The number of ether oxygens (including phenoxy) is 1. The molecule has 0 radical (unpaired) electrons. The Hall–Kier alpha value is -2.08. The number of carbonyl (C=O) groups is 2. The molecule has 1 atom stereocenters. The number of benzene rings is 1. The predicted octanol–water partition coefficient (Wildman–Crippen LogP) is 2.55. The summed E-state index contributed by atoms with van der Waals surface area (Å²) < 4.78 is 5.08. The number of anilines is 1. The summed E-state index contributed by atoms with van der Waals surface area (Å²) in [6, 6.07) is 6.70. The molecule has 0 aromatic heterocycles. The topological polar surface area (TPSA) is 78.9 Å². The maximum Gasteiger partial charge on any atom is 0.323 e. The molecule has 0 aliphatic rings. The van der Waals surface area contributed by atoms with Crippen molar-refractivity contribution >= 4 is 17.7 Å². The van der Waals surface area contributed by atoms with E-state index in [1.807, 2.05) is 26.0 Å². The first-order chi connectivity index (χ1) is 9.99. The molecule has 21 heavy (non-hydrogen) atoms. The van der Waals surface area contributed by atoms with Crippen LogP contribution in [-0.4, -0.2) is 41.7 Å². The van der Waals surface area contributed by atoms with E-state index in [1.165, 1.54) is 4.90 Å². The Kier molecular flexibility index (Phi) is 6.68. The van der Waals surface area contributed by atoms with E-state index in [0.717, 1.165) is 5.56 Å². The fourth-order valence-corrected chi connectivity index (χ4v) is 1.90. The molecular weight excluding hydrogens is 272 g/mol. The number of methoxy groups -OCH3 is 1. The molecule has 6 nitrogen and oxygen atoms in total. The van der Waals surface area contributed by atoms with Crippen LogP contribution in [0.5, 0.6) is 0 Å². The van der Waals surface area contributed by atoms with E-state index in [1.54, 1.807) is 19.2 Å². The molecular formula is C15H22N2O4. The van der Waals surface area contributed by atoms with Crippen LogP contribution in [0.15, 0.2) is 24.3 Å². The van der Waals surface area contributed by atoms with Gasteiger partial charge in [0, 0.05) is 24.4 Å². The normalized spacial score (nSPS) is 11.8. The minimum Gasteiger partial charge on any atom is -0.480 e. The van der Waals surface area contributed by atoms with Crippen molar-refractivity contribution in [1.82, 2.24) is 4.90 Å². The van der Waals surface area contributed by atoms with Gasteiger partial charge in [0.15, 0.2) is 0 Å². The first kappa shape index (κ1) is 17.0. The number of para-hydroxylation sites is 1. The Balaban J connectivity index is 2.88. The van der Waals surface area contributed by atoms with Gasteiger partial charge in [-0.25, -0.2) is 4.79 Å². The van der Waals surface area contributed by atoms with E-state index in [0.29, 0.717) is 18.7 Å². The summed E-state index contributed by atoms with van der Waals surface area (Å²) >= 11 is 0. The van der Waals surface area contributed by atoms with E-state index >= 15 is 0 Å². The first-order valence-electron chi connectivity index (χ1n) is 6.85. The van der Waals surface area contributed by atoms with Crippen molar-refractivity contribution < 1.29 is 19.4 Å². The number of aliphatic carboxylic acids is 1. The number of amides is 2. The SMILES string of the molecule is CCC(C)N(CC(=O)O)C(=O)Nc1ccccc1COC. The lowest BCUT2D eigenvalue weighted by molar-refractivity contribution is -0.138. The third-order valence-corrected chi connectivity index (χ3v) is 3.25. The van der Waals surface area contributed by atoms with Crippen LogP contribution in [0.4, 0.5) is 10.5 Å². The highest BCUT2D eigenvalue weighted by atomic mass is 16.5. The van der Waals surface area contributed by atoms with Crippen molar-refractivity contribution in [2.75, 3.05) is 19.0 Å². The number of hydrogen-bond acceptors (Lipinski definition) is 3. The maximum atomic E-state index is 12.3. The number of carboxylic acids is 1. The van der Waals surface area contributed by atoms with Crippen LogP contribution in [0.1, 0.15) is 25.8 Å². The number of nitrogens with one attached hydrogen (secondary N) is 1. The van der Waals surface area contributed by atoms with Gasteiger partial charge in [0.05, 0.1) is 6.61 Å². The van der Waals surface area contributed by atoms with E-state index in [4.69, 9.17) is 9.84 Å². The molecule has 2 N–H and O–H groups in total. The molecule has 0 bridgehead atoms. The smallest absolute Gasteiger partial charge is 0.323 e. The molecule has 1 aromatic rings. The Labute approximate surface area is 124 Å². The van der Waals surface area contributed by atoms with Crippen molar-refractivity contribution in [3.8, 4) is 0 Å². The van der Waals surface area contributed by atoms with Gasteiger partial charge in [0.25, 0.3) is 0 Å². The summed E-state index contributed by atoms with van der Waals surface area (Å²) in [4.78, 5) is 24.5. The second kappa shape index (κ2) is 8.26. The summed E-state index contributed by atoms with van der Waals surface area (Å²) in [6.07, 6.45) is 0.681. The molecule has 0 saturated carbocycles. The summed E-state index contributed by atoms with van der Waals surface area (Å²) in [5.41, 5.74) is 1.47. The summed E-state index contributed by atoms with van der Waals surface area (Å²) in [6.45, 7) is 3.78. The molecule has 0 saturated heterocycles. The van der Waals surface area contributed by atoms with Gasteiger partial charge in [-0.05, 0) is 19.4 Å². The fraction of sp³-hybridized carbons (Fsp3) is 0.467. The Morgan fingerprint density at radius 3 is 2.62 bits per heavy atom. The lowest BCUT2D eigenvalue weighted by Gasteiger charge is -2.27. The van der Waals surface area contributed by atoms with Gasteiger partial charge in [-0.15, -0.1) is 0 Å². The van der Waals surface area contributed by atoms with Crippen LogP contribution < -0.4 is 5.32 Å². The second-order valence-electron chi connectivity index (χ2n) is 4.80. The van der Waals surface area contributed by atoms with Gasteiger partial charge in [-0.1, -0.05) is 25.1 Å². The Bertz CT molecular complexity index is 490. The van der Waals surface area contributed by atoms with E-state index < -0.39 is 12.0 Å². The van der Waals surface area contributed by atoms with Crippen molar-refractivity contribution in [3.63, 3.8) is 0 Å². The van der Waals surface area contributed by atoms with Gasteiger partial charge in [-0.2, -0.15) is 0 Å². The molecule has 0 aliphatic carbocycles. The zero-order valence-corrected chi connectivity index (χ0v) is 12.6. The van der Waals surface area contributed by atoms with Crippen LogP contribution in [0, 0.1) is 0 Å². The van der Waals surface area contributed by atoms with Gasteiger partial charge in [0.1, 0.15) is 6.54 Å². The minimum atomic E-state index is -1.03. The van der Waals surface area contributed by atoms with E-state index in [9.17, 15) is 9.59 Å². The monoisotopic (exact) mass is 294 g/mol. The van der Waals surface area contributed by atoms with Gasteiger partial charge in [0.2, 0.25) is 0 Å². The highest BCUT2D eigenvalue weighted by Gasteiger charge is 2.22. The largest absolute Gasteiger partial charge is 0.480 e. The first-order valence-corrected chi connectivity index (χ1v) is 6.85. The Morgan fingerprint density at radius 1 is 1.38 bits per heavy atom. The molecule has 116 valence electrons. The third-order valence-electron chi connectivity index (χ3n) is 3.25. The standard InChI is InChI=1S/C15H22N2O4/c1-4-11(2)17(9-14(18)19)15(20)16-13-8-6-5-7-12(13)10-21-3/h5-8,11H,4,9-10H2,1-3H3,(H,16,20)(H,18,19). The lowest BCUT2D eigenvalue weighted by atomic mass is 10.2. The molecule has 0 heterocycles. The third kappa shape index (κ3) is 5.07. The number of hydrogen-bond donors (Lipinski definition) is 2. The van der Waals surface area contributed by atoms with Crippen LogP contribution in [0.2, 0.25) is 0 Å². The minimum absolute atomic E-state index is 0.157. The number of rotatable bonds is 7. The Morgan fingerprint density at radius 2 is 2.05 bits per heavy atom. The van der Waals surface area contributed by atoms with Crippen molar-refractivity contribution in [3.05, 3.63) is 29.8 Å². The zero-order chi connectivity index (χ0) is 15.8. The molecule has 1 aromatic carbocycles. The fourth-order valence-electron chi connectivity index (χ4n) is 1.90. The van der Waals surface area contributed by atoms with Crippen LogP contribution in [-0.2, 0) is 16.1 Å². The predicted molar refractivity (Wildman–Crippen MR) is 80.3 cm³/mol. The quantitative estimate of drug-likeness (QED) is 0.810. The lowest BCUT2D eigenvalue weighted by Crippen LogP contribution is -2.44. The van der Waals surface area contributed by atoms with Crippen LogP contribution >= 0.6 is 0 Å². The zero-order valence-electron chi connectivity index (χ0n) is 12.6. The summed E-state index contributed by atoms with van der Waals surface area (Å²) in [5, 5.41) is 11.7. The number of nitrogens with zero attached hydrogens (tertiary/aromatic N) is 1. The van der Waals surface area contributed by atoms with Crippen molar-refractivity contribution in [1.29, 1.82) is 0 Å². The van der Waals surface area contributed by atoms with Gasteiger partial charge in [-0.3, -0.25) is 4.79 Å². The van der Waals surface area contributed by atoms with Gasteiger partial charge < -0.3 is 20.1 Å². The van der Waals surface area contributed by atoms with Crippen LogP contribution in [0.25, 0.3) is 0 Å². The second-order valence-corrected chi connectivity index (χ2v) is 4.80. The molecule has 1 unspecified atom stereocenters. The number of carbonyl (C=O) groups excluding carboxylic acids is 1. The molecule has 0 aliphatic heterocycles. The molecule has 6 heteroatoms. The highest BCUT2D eigenvalue weighted by Crippen LogP contribution is 2.17. The molecule has 0 spiro atoms. The van der Waals surface area contributed by atoms with Crippen LogP contribution in [0.3, 0.4) is 0 Å². The number of urea groups is 1. The van der Waals surface area contributed by atoms with E-state index in [2.05, 4.69) is 5.32 Å². The average Bonchev–Trinajstić information content (AvgIpc) is 2.46. The highest BCUT2D eigenvalue weighted by molar-refractivity contribution is 5.92. The van der Waals surface area contributed by atoms with Crippen molar-refractivity contribution in [2.45, 2.75) is 32.9 Å². The molecule has 1 rings (SSSR count). The van der Waals surface area contributed by atoms with Gasteiger partial charge >= 0.3 is 12.0 Å².